The summed E-state index contributed by atoms with van der Waals surface area (Å²) >= 11 is 0. The first-order chi connectivity index (χ1) is 16.0. The molecule has 0 saturated carbocycles. The summed E-state index contributed by atoms with van der Waals surface area (Å²) in [4.78, 5) is 35.3. The number of carbonyl (C=O) groups is 3. The van der Waals surface area contributed by atoms with Gasteiger partial charge in [-0.1, -0.05) is 36.4 Å². The molecule has 34 heavy (non-hydrogen) atoms. The van der Waals surface area contributed by atoms with E-state index in [-0.39, 0.29) is 30.1 Å². The van der Waals surface area contributed by atoms with Crippen molar-refractivity contribution in [3.05, 3.63) is 71.5 Å². The minimum absolute atomic E-state index is 0.0599. The second-order valence-electron chi connectivity index (χ2n) is 7.73. The topological polar surface area (TPSA) is 113 Å². The molecule has 1 aliphatic heterocycles. The standard InChI is InChI=1S/C21H24FN3O2.C2HF3O2/c22-19-9-5-4-8-16(19)12-17(23)13-20(26)25-11-10-18(14-25)24-21(27)15-6-2-1-3-7-15;3-2(4,5)1(6)7/h1-9,17-18H,10-14,23H2,(H,24,27);(H,6,7). The molecule has 0 spiro atoms. The first kappa shape index (κ1) is 26.8. The molecule has 0 radical (unpaired) electrons. The number of nitrogens with zero attached hydrogens (tertiary/aromatic N) is 1. The van der Waals surface area contributed by atoms with Crippen LogP contribution in [0.5, 0.6) is 0 Å². The fraction of sp³-hybridized carbons (Fsp3) is 0.348. The molecule has 1 saturated heterocycles. The van der Waals surface area contributed by atoms with E-state index in [1.54, 1.807) is 35.2 Å². The van der Waals surface area contributed by atoms with Crippen LogP contribution in [0, 0.1) is 5.82 Å². The molecule has 11 heteroatoms. The Balaban J connectivity index is 0.000000509. The Hall–Kier alpha value is -3.47. The third-order valence-corrected chi connectivity index (χ3v) is 5.03. The second-order valence-corrected chi connectivity index (χ2v) is 7.73. The highest BCUT2D eigenvalue weighted by Gasteiger charge is 2.38. The van der Waals surface area contributed by atoms with Crippen molar-refractivity contribution in [1.29, 1.82) is 0 Å². The van der Waals surface area contributed by atoms with Gasteiger partial charge in [0.2, 0.25) is 5.91 Å². The lowest BCUT2D eigenvalue weighted by Crippen LogP contribution is -2.40. The Labute approximate surface area is 193 Å². The molecule has 184 valence electrons. The number of carboxylic acid groups (broad SMARTS) is 1. The number of carboxylic acids is 1. The van der Waals surface area contributed by atoms with Crippen molar-refractivity contribution in [2.45, 2.75) is 37.5 Å². The number of amides is 2. The van der Waals surface area contributed by atoms with Gasteiger partial charge in [-0.15, -0.1) is 0 Å². The molecular formula is C23H25F4N3O4. The second kappa shape index (κ2) is 12.1. The van der Waals surface area contributed by atoms with Crippen LogP contribution < -0.4 is 11.1 Å². The molecule has 2 aromatic rings. The van der Waals surface area contributed by atoms with Gasteiger partial charge in [0.15, 0.2) is 0 Å². The number of halogens is 4. The van der Waals surface area contributed by atoms with Crippen molar-refractivity contribution >= 4 is 17.8 Å². The molecule has 0 bridgehead atoms. The van der Waals surface area contributed by atoms with Crippen LogP contribution in [0.4, 0.5) is 17.6 Å². The molecule has 1 heterocycles. The number of alkyl halides is 3. The third-order valence-electron chi connectivity index (χ3n) is 5.03. The van der Waals surface area contributed by atoms with Crippen LogP contribution in [0.3, 0.4) is 0 Å². The van der Waals surface area contributed by atoms with Crippen molar-refractivity contribution in [3.8, 4) is 0 Å². The van der Waals surface area contributed by atoms with Crippen molar-refractivity contribution in [2.24, 2.45) is 5.73 Å². The first-order valence-corrected chi connectivity index (χ1v) is 10.4. The van der Waals surface area contributed by atoms with Gasteiger partial charge in [-0.05, 0) is 36.6 Å². The van der Waals surface area contributed by atoms with Gasteiger partial charge in [0.1, 0.15) is 5.82 Å². The van der Waals surface area contributed by atoms with Gasteiger partial charge in [0, 0.05) is 37.2 Å². The van der Waals surface area contributed by atoms with Gasteiger partial charge in [-0.3, -0.25) is 9.59 Å². The Kier molecular flexibility index (Phi) is 9.55. The lowest BCUT2D eigenvalue weighted by molar-refractivity contribution is -0.192. The summed E-state index contributed by atoms with van der Waals surface area (Å²) in [6.07, 6.45) is -3.89. The van der Waals surface area contributed by atoms with E-state index in [2.05, 4.69) is 5.32 Å². The van der Waals surface area contributed by atoms with Gasteiger partial charge in [0.25, 0.3) is 5.91 Å². The molecule has 1 aliphatic rings. The molecule has 2 unspecified atom stereocenters. The summed E-state index contributed by atoms with van der Waals surface area (Å²) in [7, 11) is 0. The predicted octanol–water partition coefficient (Wildman–Crippen LogP) is 2.75. The maximum atomic E-state index is 13.7. The number of rotatable bonds is 6. The van der Waals surface area contributed by atoms with E-state index in [4.69, 9.17) is 15.6 Å². The quantitative estimate of drug-likeness (QED) is 0.547. The van der Waals surface area contributed by atoms with Gasteiger partial charge >= 0.3 is 12.1 Å². The number of nitrogens with one attached hydrogen (secondary N) is 1. The SMILES string of the molecule is NC(CC(=O)N1CCC(NC(=O)c2ccccc2)C1)Cc1ccccc1F.O=C(O)C(F)(F)F. The Bertz CT molecular complexity index is 986. The normalized spacial score (nSPS) is 16.3. The smallest absolute Gasteiger partial charge is 0.475 e. The number of benzene rings is 2. The highest BCUT2D eigenvalue weighted by Crippen LogP contribution is 2.15. The number of aliphatic carboxylic acids is 1. The molecule has 2 aromatic carbocycles. The van der Waals surface area contributed by atoms with E-state index in [1.165, 1.54) is 6.07 Å². The molecule has 0 aromatic heterocycles. The largest absolute Gasteiger partial charge is 0.490 e. The van der Waals surface area contributed by atoms with Gasteiger partial charge in [-0.25, -0.2) is 9.18 Å². The zero-order chi connectivity index (χ0) is 25.3. The number of nitrogens with two attached hydrogens (primary N) is 1. The zero-order valence-corrected chi connectivity index (χ0v) is 18.1. The molecule has 7 nitrogen and oxygen atoms in total. The minimum Gasteiger partial charge on any atom is -0.475 e. The van der Waals surface area contributed by atoms with E-state index in [9.17, 15) is 27.2 Å². The molecule has 3 rings (SSSR count). The summed E-state index contributed by atoms with van der Waals surface area (Å²) < 4.78 is 45.4. The van der Waals surface area contributed by atoms with Crippen molar-refractivity contribution in [3.63, 3.8) is 0 Å². The fourth-order valence-corrected chi connectivity index (χ4v) is 3.33. The number of hydrogen-bond donors (Lipinski definition) is 3. The predicted molar refractivity (Wildman–Crippen MR) is 115 cm³/mol. The summed E-state index contributed by atoms with van der Waals surface area (Å²) in [5.74, 6) is -3.25. The van der Waals surface area contributed by atoms with Crippen molar-refractivity contribution < 1.29 is 37.1 Å². The van der Waals surface area contributed by atoms with Gasteiger partial charge < -0.3 is 21.1 Å². The number of likely N-dealkylation sites (tertiary alicyclic amines) is 1. The highest BCUT2D eigenvalue weighted by molar-refractivity contribution is 5.94. The lowest BCUT2D eigenvalue weighted by Gasteiger charge is -2.20. The van der Waals surface area contributed by atoms with Crippen LogP contribution in [0.25, 0.3) is 0 Å². The van der Waals surface area contributed by atoms with Crippen LogP contribution in [0.2, 0.25) is 0 Å². The number of carbonyl (C=O) groups excluding carboxylic acids is 2. The van der Waals surface area contributed by atoms with Crippen molar-refractivity contribution in [2.75, 3.05) is 13.1 Å². The van der Waals surface area contributed by atoms with Crippen molar-refractivity contribution in [1.82, 2.24) is 10.2 Å². The molecule has 4 N–H and O–H groups in total. The summed E-state index contributed by atoms with van der Waals surface area (Å²) in [5.41, 5.74) is 7.18. The Morgan fingerprint density at radius 3 is 2.26 bits per heavy atom. The lowest BCUT2D eigenvalue weighted by atomic mass is 10.0. The molecule has 2 amide bonds. The van der Waals surface area contributed by atoms with E-state index in [1.807, 2.05) is 18.2 Å². The molecule has 2 atom stereocenters. The maximum Gasteiger partial charge on any atom is 0.490 e. The summed E-state index contributed by atoms with van der Waals surface area (Å²) in [6.45, 7) is 1.06. The van der Waals surface area contributed by atoms with E-state index >= 15 is 0 Å². The summed E-state index contributed by atoms with van der Waals surface area (Å²) in [6, 6.07) is 15.0. The highest BCUT2D eigenvalue weighted by atomic mass is 19.4. The average Bonchev–Trinajstić information content (AvgIpc) is 3.24. The van der Waals surface area contributed by atoms with E-state index < -0.39 is 18.2 Å². The summed E-state index contributed by atoms with van der Waals surface area (Å²) in [5, 5.41) is 10.1. The van der Waals surface area contributed by atoms with Crippen LogP contribution >= 0.6 is 0 Å². The Morgan fingerprint density at radius 2 is 1.68 bits per heavy atom. The maximum absolute atomic E-state index is 13.7. The molecule has 0 aliphatic carbocycles. The minimum atomic E-state index is -5.08. The van der Waals surface area contributed by atoms with Gasteiger partial charge in [0.05, 0.1) is 0 Å². The number of hydrogen-bond acceptors (Lipinski definition) is 4. The van der Waals surface area contributed by atoms with E-state index in [0.717, 1.165) is 0 Å². The fourth-order valence-electron chi connectivity index (χ4n) is 3.33. The Morgan fingerprint density at radius 1 is 1.09 bits per heavy atom. The molecular weight excluding hydrogens is 458 g/mol. The van der Waals surface area contributed by atoms with Gasteiger partial charge in [-0.2, -0.15) is 13.2 Å². The van der Waals surface area contributed by atoms with Crippen LogP contribution in [0.1, 0.15) is 28.8 Å². The zero-order valence-electron chi connectivity index (χ0n) is 18.1. The third kappa shape index (κ3) is 8.47. The molecule has 1 fully saturated rings. The van der Waals surface area contributed by atoms with Crippen LogP contribution in [0.15, 0.2) is 54.6 Å². The van der Waals surface area contributed by atoms with Crippen LogP contribution in [-0.4, -0.2) is 59.1 Å². The van der Waals surface area contributed by atoms with E-state index in [0.29, 0.717) is 37.1 Å². The average molecular weight is 483 g/mol. The first-order valence-electron chi connectivity index (χ1n) is 10.4. The monoisotopic (exact) mass is 483 g/mol. The van der Waals surface area contributed by atoms with Crippen LogP contribution in [-0.2, 0) is 16.0 Å².